The maximum Gasteiger partial charge on any atom is 0.104 e. The number of nitriles is 2. The summed E-state index contributed by atoms with van der Waals surface area (Å²) in [6.07, 6.45) is 0. The molecular weight excluding hydrogens is 585 g/mol. The van der Waals surface area contributed by atoms with Crippen LogP contribution < -0.4 is 9.80 Å². The predicted molar refractivity (Wildman–Crippen MR) is 198 cm³/mol. The van der Waals surface area contributed by atoms with E-state index in [1.807, 2.05) is 0 Å². The zero-order valence-electron chi connectivity index (χ0n) is 29.2. The van der Waals surface area contributed by atoms with Crippen molar-refractivity contribution in [3.8, 4) is 12.1 Å². The van der Waals surface area contributed by atoms with Gasteiger partial charge in [-0.2, -0.15) is 10.5 Å². The van der Waals surface area contributed by atoms with E-state index in [1.54, 1.807) is 0 Å². The molecule has 5 aromatic carbocycles. The van der Waals surface area contributed by atoms with Crippen molar-refractivity contribution in [3.05, 3.63) is 142 Å². The van der Waals surface area contributed by atoms with E-state index in [0.29, 0.717) is 16.8 Å². The molecule has 0 aromatic heterocycles. The van der Waals surface area contributed by atoms with Crippen molar-refractivity contribution in [2.75, 3.05) is 9.80 Å². The third-order valence-corrected chi connectivity index (χ3v) is 10.6. The Balaban J connectivity index is 1.70. The average molecular weight is 627 g/mol. The van der Waals surface area contributed by atoms with Crippen molar-refractivity contribution in [2.45, 2.75) is 78.1 Å². The van der Waals surface area contributed by atoms with Crippen LogP contribution in [0.4, 0.5) is 34.1 Å². The van der Waals surface area contributed by atoms with Crippen molar-refractivity contribution in [2.24, 2.45) is 0 Å². The van der Waals surface area contributed by atoms with E-state index in [2.05, 4.69) is 174 Å². The number of rotatable bonds is 4. The molecule has 7 rings (SSSR count). The summed E-state index contributed by atoms with van der Waals surface area (Å²) in [4.78, 5) is 4.53. The smallest absolute Gasteiger partial charge is 0.104 e. The van der Waals surface area contributed by atoms with Gasteiger partial charge in [-0.25, -0.2) is 0 Å². The topological polar surface area (TPSA) is 54.1 Å². The summed E-state index contributed by atoms with van der Waals surface area (Å²) >= 11 is 0. The molecule has 2 aliphatic rings. The lowest BCUT2D eigenvalue weighted by Gasteiger charge is -2.45. The maximum absolute atomic E-state index is 11.5. The molecule has 0 amide bonds. The fraction of sp³-hybridized carbons (Fsp3) is 0.273. The summed E-state index contributed by atoms with van der Waals surface area (Å²) in [6.45, 7) is 17.8. The third kappa shape index (κ3) is 4.26. The molecule has 2 heterocycles. The first-order valence-corrected chi connectivity index (χ1v) is 17.0. The van der Waals surface area contributed by atoms with Gasteiger partial charge in [-0.15, -0.1) is 0 Å². The van der Waals surface area contributed by atoms with Gasteiger partial charge in [0.1, 0.15) is 17.7 Å². The van der Waals surface area contributed by atoms with Crippen LogP contribution in [0.1, 0.15) is 112 Å². The zero-order valence-corrected chi connectivity index (χ0v) is 29.2. The number of hydrogen-bond acceptors (Lipinski definition) is 4. The Morgan fingerprint density at radius 3 is 1.08 bits per heavy atom. The van der Waals surface area contributed by atoms with E-state index >= 15 is 0 Å². The first-order chi connectivity index (χ1) is 23.0. The highest BCUT2D eigenvalue weighted by molar-refractivity contribution is 5.98. The predicted octanol–water partition coefficient (Wildman–Crippen LogP) is 11.9. The van der Waals surface area contributed by atoms with Gasteiger partial charge in [-0.1, -0.05) is 128 Å². The highest BCUT2D eigenvalue weighted by Gasteiger charge is 2.43. The van der Waals surface area contributed by atoms with Gasteiger partial charge in [0.05, 0.1) is 39.7 Å². The molecule has 2 aliphatic heterocycles. The minimum absolute atomic E-state index is 0.0285. The van der Waals surface area contributed by atoms with E-state index in [1.165, 1.54) is 11.1 Å². The van der Waals surface area contributed by atoms with Gasteiger partial charge in [0.15, 0.2) is 0 Å². The lowest BCUT2D eigenvalue weighted by molar-refractivity contribution is 0.631. The standard InChI is InChI=1S/C44H42N4/c1-27(2)39-29(25-45)41(47-35-21-13-9-17-31(35)43(5,6)32-18-10-14-22-36(32)47)30(26-46)42(40(39)28(3)4)48-37-23-15-11-19-33(37)44(7,8)34-20-12-16-24-38(34)48/h9-24,27-28H,1-8H3. The van der Waals surface area contributed by atoms with Gasteiger partial charge in [0.2, 0.25) is 0 Å². The molecular formula is C44H42N4. The van der Waals surface area contributed by atoms with Crippen LogP contribution in [-0.4, -0.2) is 0 Å². The third-order valence-electron chi connectivity index (χ3n) is 10.6. The van der Waals surface area contributed by atoms with Crippen molar-refractivity contribution in [3.63, 3.8) is 0 Å². The molecule has 0 saturated heterocycles. The maximum atomic E-state index is 11.5. The molecule has 0 unspecified atom stereocenters. The Bertz CT molecular complexity index is 2090. The van der Waals surface area contributed by atoms with Crippen LogP contribution in [0.5, 0.6) is 0 Å². The van der Waals surface area contributed by atoms with Crippen LogP contribution in [-0.2, 0) is 10.8 Å². The van der Waals surface area contributed by atoms with Crippen LogP contribution in [0.2, 0.25) is 0 Å². The summed E-state index contributed by atoms with van der Waals surface area (Å²) in [5, 5.41) is 22.7. The highest BCUT2D eigenvalue weighted by atomic mass is 15.2. The Hall–Kier alpha value is -5.32. The number of anilines is 6. The Labute approximate surface area is 285 Å². The fourth-order valence-corrected chi connectivity index (χ4v) is 8.44. The highest BCUT2D eigenvalue weighted by Crippen LogP contribution is 2.59. The molecule has 48 heavy (non-hydrogen) atoms. The molecule has 0 N–H and O–H groups in total. The average Bonchev–Trinajstić information content (AvgIpc) is 3.08. The van der Waals surface area contributed by atoms with Gasteiger partial charge in [-0.3, -0.25) is 0 Å². The van der Waals surface area contributed by atoms with Gasteiger partial charge in [0, 0.05) is 10.8 Å². The molecule has 0 bridgehead atoms. The quantitative estimate of drug-likeness (QED) is 0.199. The fourth-order valence-electron chi connectivity index (χ4n) is 8.44. The van der Waals surface area contributed by atoms with E-state index < -0.39 is 0 Å². The second kappa shape index (κ2) is 11.1. The van der Waals surface area contributed by atoms with E-state index in [9.17, 15) is 10.5 Å². The monoisotopic (exact) mass is 626 g/mol. The van der Waals surface area contributed by atoms with Crippen LogP contribution in [0.25, 0.3) is 0 Å². The van der Waals surface area contributed by atoms with Gasteiger partial charge >= 0.3 is 0 Å². The molecule has 0 fully saturated rings. The lowest BCUT2D eigenvalue weighted by atomic mass is 9.72. The van der Waals surface area contributed by atoms with Crippen LogP contribution >= 0.6 is 0 Å². The van der Waals surface area contributed by atoms with Crippen molar-refractivity contribution in [1.82, 2.24) is 0 Å². The number of nitrogens with zero attached hydrogens (tertiary/aromatic N) is 4. The molecule has 238 valence electrons. The normalized spacial score (nSPS) is 15.2. The second-order valence-electron chi connectivity index (χ2n) is 14.8. The summed E-state index contributed by atoms with van der Waals surface area (Å²) in [5.41, 5.74) is 12.9. The summed E-state index contributed by atoms with van der Waals surface area (Å²) in [6, 6.07) is 39.5. The number of hydrogen-bond donors (Lipinski definition) is 0. The van der Waals surface area contributed by atoms with Crippen LogP contribution in [0, 0.1) is 22.7 Å². The van der Waals surface area contributed by atoms with Gasteiger partial charge in [-0.05, 0) is 69.5 Å². The van der Waals surface area contributed by atoms with E-state index in [0.717, 1.165) is 50.7 Å². The number of fused-ring (bicyclic) bond motifs is 4. The van der Waals surface area contributed by atoms with Crippen molar-refractivity contribution >= 4 is 34.1 Å². The van der Waals surface area contributed by atoms with E-state index in [-0.39, 0.29) is 22.7 Å². The first-order valence-electron chi connectivity index (χ1n) is 17.0. The van der Waals surface area contributed by atoms with Crippen molar-refractivity contribution < 1.29 is 0 Å². The molecule has 0 radical (unpaired) electrons. The molecule has 4 nitrogen and oxygen atoms in total. The largest absolute Gasteiger partial charge is 0.308 e. The summed E-state index contributed by atoms with van der Waals surface area (Å²) in [5.74, 6) is 0.0699. The molecule has 0 saturated carbocycles. The second-order valence-corrected chi connectivity index (χ2v) is 14.8. The molecule has 0 spiro atoms. The minimum Gasteiger partial charge on any atom is -0.308 e. The summed E-state index contributed by atoms with van der Waals surface area (Å²) < 4.78 is 0. The zero-order chi connectivity index (χ0) is 34.1. The Morgan fingerprint density at radius 1 is 0.458 bits per heavy atom. The SMILES string of the molecule is CC(C)c1c(C#N)c(N2c3ccccc3C(C)(C)c3ccccc32)c(C#N)c(N2c3ccccc3C(C)(C)c3ccccc32)c1C(C)C. The molecule has 5 aromatic rings. The van der Waals surface area contributed by atoms with Crippen LogP contribution in [0.3, 0.4) is 0 Å². The lowest BCUT2D eigenvalue weighted by Crippen LogP contribution is -2.33. The number of para-hydroxylation sites is 4. The molecule has 0 atom stereocenters. The molecule has 4 heteroatoms. The van der Waals surface area contributed by atoms with E-state index in [4.69, 9.17) is 0 Å². The van der Waals surface area contributed by atoms with Gasteiger partial charge < -0.3 is 9.80 Å². The first kappa shape index (κ1) is 31.3. The minimum atomic E-state index is -0.277. The van der Waals surface area contributed by atoms with Gasteiger partial charge in [0.25, 0.3) is 0 Å². The number of benzene rings is 5. The molecule has 0 aliphatic carbocycles. The summed E-state index contributed by atoms with van der Waals surface area (Å²) in [7, 11) is 0. The Morgan fingerprint density at radius 2 is 0.771 bits per heavy atom. The Kier molecular flexibility index (Phi) is 7.26. The van der Waals surface area contributed by atoms with Crippen LogP contribution in [0.15, 0.2) is 97.1 Å². The van der Waals surface area contributed by atoms with Crippen molar-refractivity contribution in [1.29, 1.82) is 10.5 Å².